The first kappa shape index (κ1) is 7.85. The molecule has 0 aliphatic heterocycles. The summed E-state index contributed by atoms with van der Waals surface area (Å²) >= 11 is 0. The van der Waals surface area contributed by atoms with Gasteiger partial charge in [0.05, 0.1) is 11.3 Å². The summed E-state index contributed by atoms with van der Waals surface area (Å²) in [6, 6.07) is 1.69. The minimum absolute atomic E-state index is 0.105. The Hall–Kier alpha value is -1.78. The van der Waals surface area contributed by atoms with Crippen molar-refractivity contribution in [3.8, 4) is 5.88 Å². The molecular formula is C8H9N3O2. The van der Waals surface area contributed by atoms with Crippen LogP contribution < -0.4 is 5.56 Å². The van der Waals surface area contributed by atoms with Gasteiger partial charge in [-0.2, -0.15) is 9.61 Å². The summed E-state index contributed by atoms with van der Waals surface area (Å²) in [5, 5.41) is 13.5. The van der Waals surface area contributed by atoms with E-state index in [2.05, 4.69) is 10.1 Å². The summed E-state index contributed by atoms with van der Waals surface area (Å²) in [5.41, 5.74) is 1.24. The molecule has 0 saturated carbocycles. The summed E-state index contributed by atoms with van der Waals surface area (Å²) in [4.78, 5) is 13.8. The molecule has 0 radical (unpaired) electrons. The monoisotopic (exact) mass is 179 g/mol. The van der Waals surface area contributed by atoms with Crippen molar-refractivity contribution in [3.63, 3.8) is 0 Å². The first-order valence-electron chi connectivity index (χ1n) is 3.88. The molecule has 2 heterocycles. The standard InChI is InChI=1S/C8H9N3O2/c1-4-3-6-9-7(12)5(2)8(13)11(6)10-4/h3,13H,1-2H3,(H,9,12). The average Bonchev–Trinajstić information content (AvgIpc) is 2.42. The highest BCUT2D eigenvalue weighted by Gasteiger charge is 2.08. The molecule has 0 saturated heterocycles. The van der Waals surface area contributed by atoms with E-state index in [-0.39, 0.29) is 17.0 Å². The Kier molecular flexibility index (Phi) is 1.42. The number of rotatable bonds is 0. The molecule has 2 rings (SSSR count). The Balaban J connectivity index is 3.01. The quantitative estimate of drug-likeness (QED) is 0.612. The van der Waals surface area contributed by atoms with E-state index in [0.29, 0.717) is 5.65 Å². The summed E-state index contributed by atoms with van der Waals surface area (Å²) in [7, 11) is 0. The first-order chi connectivity index (χ1) is 6.09. The van der Waals surface area contributed by atoms with E-state index in [1.165, 1.54) is 4.52 Å². The molecule has 0 unspecified atom stereocenters. The first-order valence-corrected chi connectivity index (χ1v) is 3.88. The zero-order chi connectivity index (χ0) is 9.59. The van der Waals surface area contributed by atoms with Gasteiger partial charge in [-0.3, -0.25) is 4.79 Å². The molecule has 0 fully saturated rings. The third-order valence-electron chi connectivity index (χ3n) is 1.95. The van der Waals surface area contributed by atoms with Gasteiger partial charge in [0.1, 0.15) is 5.65 Å². The number of hydrogen-bond donors (Lipinski definition) is 2. The van der Waals surface area contributed by atoms with Gasteiger partial charge in [0.15, 0.2) is 0 Å². The second-order valence-corrected chi connectivity index (χ2v) is 2.99. The number of H-pyrrole nitrogens is 1. The highest BCUT2D eigenvalue weighted by Crippen LogP contribution is 2.12. The van der Waals surface area contributed by atoms with Crippen molar-refractivity contribution in [2.45, 2.75) is 13.8 Å². The van der Waals surface area contributed by atoms with Gasteiger partial charge < -0.3 is 10.1 Å². The molecule has 0 aliphatic carbocycles. The van der Waals surface area contributed by atoms with Gasteiger partial charge in [-0.1, -0.05) is 0 Å². The molecule has 0 aromatic carbocycles. The summed E-state index contributed by atoms with van der Waals surface area (Å²) < 4.78 is 1.31. The Morgan fingerprint density at radius 1 is 1.54 bits per heavy atom. The van der Waals surface area contributed by atoms with Crippen LogP contribution in [0.2, 0.25) is 0 Å². The third-order valence-corrected chi connectivity index (χ3v) is 1.95. The van der Waals surface area contributed by atoms with Crippen LogP contribution in [0.1, 0.15) is 11.3 Å². The molecule has 0 amide bonds. The molecular weight excluding hydrogens is 170 g/mol. The topological polar surface area (TPSA) is 70.4 Å². The van der Waals surface area contributed by atoms with Crippen LogP contribution in [0, 0.1) is 13.8 Å². The van der Waals surface area contributed by atoms with Gasteiger partial charge in [-0.25, -0.2) is 0 Å². The summed E-state index contributed by atoms with van der Waals surface area (Å²) in [6.45, 7) is 3.34. The number of nitrogens with one attached hydrogen (secondary N) is 1. The van der Waals surface area contributed by atoms with Crippen molar-refractivity contribution in [1.29, 1.82) is 0 Å². The van der Waals surface area contributed by atoms with Gasteiger partial charge in [-0.15, -0.1) is 0 Å². The number of aryl methyl sites for hydroxylation is 1. The van der Waals surface area contributed by atoms with Gasteiger partial charge in [0.2, 0.25) is 5.88 Å². The molecule has 68 valence electrons. The molecule has 13 heavy (non-hydrogen) atoms. The van der Waals surface area contributed by atoms with Crippen LogP contribution in [-0.4, -0.2) is 19.7 Å². The predicted molar refractivity (Wildman–Crippen MR) is 47.0 cm³/mol. The van der Waals surface area contributed by atoms with Gasteiger partial charge >= 0.3 is 0 Å². The number of aromatic nitrogens is 3. The number of nitrogens with zero attached hydrogens (tertiary/aromatic N) is 2. The Labute approximate surface area is 73.6 Å². The lowest BCUT2D eigenvalue weighted by Crippen LogP contribution is -2.12. The molecule has 5 nitrogen and oxygen atoms in total. The van der Waals surface area contributed by atoms with E-state index >= 15 is 0 Å². The minimum Gasteiger partial charge on any atom is -0.493 e. The average molecular weight is 179 g/mol. The smallest absolute Gasteiger partial charge is 0.257 e. The minimum atomic E-state index is -0.287. The molecule has 0 aliphatic rings. The number of aromatic hydroxyl groups is 1. The Morgan fingerprint density at radius 3 is 2.92 bits per heavy atom. The highest BCUT2D eigenvalue weighted by molar-refractivity contribution is 5.43. The van der Waals surface area contributed by atoms with E-state index in [0.717, 1.165) is 5.69 Å². The van der Waals surface area contributed by atoms with Crippen LogP contribution in [0.3, 0.4) is 0 Å². The van der Waals surface area contributed by atoms with Crippen LogP contribution in [0.25, 0.3) is 5.65 Å². The van der Waals surface area contributed by atoms with E-state index < -0.39 is 0 Å². The normalized spacial score (nSPS) is 10.9. The Morgan fingerprint density at radius 2 is 2.23 bits per heavy atom. The maximum atomic E-state index is 11.2. The van der Waals surface area contributed by atoms with Crippen molar-refractivity contribution in [2.75, 3.05) is 0 Å². The number of hydrogen-bond acceptors (Lipinski definition) is 3. The largest absolute Gasteiger partial charge is 0.493 e. The van der Waals surface area contributed by atoms with Gasteiger partial charge in [-0.05, 0) is 13.8 Å². The molecule has 5 heteroatoms. The second-order valence-electron chi connectivity index (χ2n) is 2.99. The van der Waals surface area contributed by atoms with Crippen LogP contribution in [0.4, 0.5) is 0 Å². The lowest BCUT2D eigenvalue weighted by Gasteiger charge is -1.99. The van der Waals surface area contributed by atoms with Crippen molar-refractivity contribution in [1.82, 2.24) is 14.6 Å². The van der Waals surface area contributed by atoms with E-state index in [4.69, 9.17) is 0 Å². The summed E-state index contributed by atoms with van der Waals surface area (Å²) in [5.74, 6) is -0.105. The number of aromatic amines is 1. The van der Waals surface area contributed by atoms with E-state index in [9.17, 15) is 9.90 Å². The van der Waals surface area contributed by atoms with Crippen molar-refractivity contribution in [2.24, 2.45) is 0 Å². The van der Waals surface area contributed by atoms with E-state index in [1.54, 1.807) is 19.9 Å². The molecule has 0 bridgehead atoms. The van der Waals surface area contributed by atoms with Crippen molar-refractivity contribution >= 4 is 5.65 Å². The fourth-order valence-electron chi connectivity index (χ4n) is 1.22. The predicted octanol–water partition coefficient (Wildman–Crippen LogP) is 0.345. The second kappa shape index (κ2) is 2.35. The van der Waals surface area contributed by atoms with E-state index in [1.807, 2.05) is 0 Å². The lowest BCUT2D eigenvalue weighted by molar-refractivity contribution is 0.429. The zero-order valence-corrected chi connectivity index (χ0v) is 7.33. The van der Waals surface area contributed by atoms with Crippen LogP contribution >= 0.6 is 0 Å². The maximum absolute atomic E-state index is 11.2. The molecule has 0 spiro atoms. The fraction of sp³-hybridized carbons (Fsp3) is 0.250. The van der Waals surface area contributed by atoms with Gasteiger partial charge in [0, 0.05) is 6.07 Å². The van der Waals surface area contributed by atoms with Crippen LogP contribution in [-0.2, 0) is 0 Å². The lowest BCUT2D eigenvalue weighted by atomic mass is 10.3. The van der Waals surface area contributed by atoms with Gasteiger partial charge in [0.25, 0.3) is 5.56 Å². The highest BCUT2D eigenvalue weighted by atomic mass is 16.3. The summed E-state index contributed by atoms with van der Waals surface area (Å²) in [6.07, 6.45) is 0. The molecule has 2 aromatic heterocycles. The molecule has 2 N–H and O–H groups in total. The molecule has 0 atom stereocenters. The zero-order valence-electron chi connectivity index (χ0n) is 7.33. The number of fused-ring (bicyclic) bond motifs is 1. The van der Waals surface area contributed by atoms with Crippen LogP contribution in [0.5, 0.6) is 5.88 Å². The van der Waals surface area contributed by atoms with Crippen molar-refractivity contribution in [3.05, 3.63) is 27.7 Å². The maximum Gasteiger partial charge on any atom is 0.257 e. The fourth-order valence-corrected chi connectivity index (χ4v) is 1.22. The van der Waals surface area contributed by atoms with Crippen LogP contribution in [0.15, 0.2) is 10.9 Å². The van der Waals surface area contributed by atoms with Crippen molar-refractivity contribution < 1.29 is 5.11 Å². The Bertz CT molecular complexity index is 524. The SMILES string of the molecule is Cc1cc2[nH]c(=O)c(C)c(O)n2n1. The third kappa shape index (κ3) is 1.00. The molecule has 2 aromatic rings.